The molecule has 2 aliphatic rings. The van der Waals surface area contributed by atoms with Gasteiger partial charge in [0, 0.05) is 5.92 Å². The van der Waals surface area contributed by atoms with E-state index in [-0.39, 0.29) is 18.9 Å². The first-order chi connectivity index (χ1) is 15.6. The Bertz CT molecular complexity index is 918. The molecular weight excluding hydrogens is 438 g/mol. The molecule has 3 rings (SSSR count). The van der Waals surface area contributed by atoms with E-state index in [2.05, 4.69) is 10.6 Å². The molecule has 1 aliphatic heterocycles. The van der Waals surface area contributed by atoms with Gasteiger partial charge >= 0.3 is 0 Å². The number of rotatable bonds is 10. The third-order valence-electron chi connectivity index (χ3n) is 6.19. The van der Waals surface area contributed by atoms with Crippen LogP contribution >= 0.6 is 0 Å². The van der Waals surface area contributed by atoms with Gasteiger partial charge < -0.3 is 25.6 Å². The summed E-state index contributed by atoms with van der Waals surface area (Å²) in [5.74, 6) is -4.12. The molecule has 4 N–H and O–H groups in total. The Kier molecular flexibility index (Phi) is 7.81. The van der Waals surface area contributed by atoms with E-state index in [9.17, 15) is 33.4 Å². The molecule has 10 heteroatoms. The molecule has 33 heavy (non-hydrogen) atoms. The zero-order valence-corrected chi connectivity index (χ0v) is 18.7. The molecule has 0 aromatic heterocycles. The number of aryl methyl sites for hydroxylation is 1. The Hall–Kier alpha value is -2.43. The largest absolute Gasteiger partial charge is 0.394 e. The van der Waals surface area contributed by atoms with E-state index in [1.165, 1.54) is 0 Å². The first-order valence-corrected chi connectivity index (χ1v) is 11.1. The van der Waals surface area contributed by atoms with Gasteiger partial charge in [-0.3, -0.25) is 14.4 Å². The number of Topliss-reactive ketones (excluding diaryl/α,β-unsaturated/α-hetero) is 1. The highest BCUT2D eigenvalue weighted by molar-refractivity contribution is 5.98. The van der Waals surface area contributed by atoms with Crippen molar-refractivity contribution in [2.75, 3.05) is 19.8 Å². The minimum Gasteiger partial charge on any atom is -0.394 e. The number of carbonyl (C=O) groups excluding carboxylic acids is 3. The van der Waals surface area contributed by atoms with Gasteiger partial charge in [-0.15, -0.1) is 0 Å². The quantitative estimate of drug-likeness (QED) is 0.368. The van der Waals surface area contributed by atoms with Crippen molar-refractivity contribution in [3.05, 3.63) is 34.9 Å². The smallest absolute Gasteiger partial charge is 0.245 e. The van der Waals surface area contributed by atoms with Gasteiger partial charge in [-0.25, -0.2) is 8.78 Å². The second kappa shape index (κ2) is 10.2. The normalized spacial score (nSPS) is 23.4. The van der Waals surface area contributed by atoms with Crippen LogP contribution in [0.25, 0.3) is 0 Å². The molecule has 1 fully saturated rings. The van der Waals surface area contributed by atoms with E-state index in [0.717, 1.165) is 12.1 Å². The molecule has 4 atom stereocenters. The molecule has 1 unspecified atom stereocenters. The average Bonchev–Trinajstić information content (AvgIpc) is 3.57. The van der Waals surface area contributed by atoms with E-state index in [4.69, 9.17) is 4.74 Å². The van der Waals surface area contributed by atoms with Gasteiger partial charge in [-0.1, -0.05) is 13.8 Å². The fourth-order valence-corrected chi connectivity index (χ4v) is 4.15. The molecule has 1 aliphatic carbocycles. The Morgan fingerprint density at radius 3 is 2.30 bits per heavy atom. The summed E-state index contributed by atoms with van der Waals surface area (Å²) in [6.07, 6.45) is 1.25. The zero-order chi connectivity index (χ0) is 24.3. The molecule has 0 radical (unpaired) electrons. The van der Waals surface area contributed by atoms with Crippen LogP contribution in [-0.2, 0) is 32.0 Å². The second-order valence-electron chi connectivity index (χ2n) is 9.21. The summed E-state index contributed by atoms with van der Waals surface area (Å²) in [7, 11) is 0. The summed E-state index contributed by atoms with van der Waals surface area (Å²) in [5.41, 5.74) is -0.133. The van der Waals surface area contributed by atoms with E-state index in [1.54, 1.807) is 0 Å². The molecular formula is C23H30F2N2O6. The number of ketones is 1. The third kappa shape index (κ3) is 5.74. The standard InChI is InChI=1S/C23H30F2N2O6/c1-12(2)5-18(20(30)23(10-29)11-33-23)26-22(32)19(9-28)27-21(31)14-4-3-13-7-16(24)17(25)8-15(13)6-14/h7-8,12,14,18-19,28-29H,3-6,9-11H2,1-2H3,(H,26,32)(H,27,31)/t14?,18-,19-,23+/m0/s1. The second-order valence-corrected chi connectivity index (χ2v) is 9.21. The lowest BCUT2D eigenvalue weighted by Crippen LogP contribution is -2.56. The number of aliphatic hydroxyl groups excluding tert-OH is 2. The maximum absolute atomic E-state index is 13.6. The minimum absolute atomic E-state index is 0.0449. The number of carbonyl (C=O) groups is 3. The summed E-state index contributed by atoms with van der Waals surface area (Å²) in [5, 5.41) is 24.2. The van der Waals surface area contributed by atoms with Crippen molar-refractivity contribution >= 4 is 17.6 Å². The molecule has 1 heterocycles. The molecule has 182 valence electrons. The number of aliphatic hydroxyl groups is 2. The third-order valence-corrected chi connectivity index (χ3v) is 6.19. The predicted molar refractivity (Wildman–Crippen MR) is 113 cm³/mol. The number of hydrogen-bond acceptors (Lipinski definition) is 6. The lowest BCUT2D eigenvalue weighted by Gasteiger charge is -2.27. The molecule has 0 spiro atoms. The number of epoxide rings is 1. The number of ether oxygens (including phenoxy) is 1. The average molecular weight is 468 g/mol. The van der Waals surface area contributed by atoms with Gasteiger partial charge in [0.15, 0.2) is 23.0 Å². The van der Waals surface area contributed by atoms with Crippen molar-refractivity contribution in [1.29, 1.82) is 0 Å². The Balaban J connectivity index is 1.64. The Labute approximate surface area is 190 Å². The van der Waals surface area contributed by atoms with E-state index < -0.39 is 66.0 Å². The summed E-state index contributed by atoms with van der Waals surface area (Å²) < 4.78 is 32.1. The summed E-state index contributed by atoms with van der Waals surface area (Å²) in [6.45, 7) is 2.62. The van der Waals surface area contributed by atoms with Crippen LogP contribution in [0.1, 0.15) is 37.8 Å². The van der Waals surface area contributed by atoms with E-state index >= 15 is 0 Å². The monoisotopic (exact) mass is 468 g/mol. The number of halogens is 2. The van der Waals surface area contributed by atoms with Crippen molar-refractivity contribution in [1.82, 2.24) is 10.6 Å². The van der Waals surface area contributed by atoms with Crippen LogP contribution in [0, 0.1) is 23.5 Å². The minimum atomic E-state index is -1.31. The molecule has 1 aromatic carbocycles. The van der Waals surface area contributed by atoms with Crippen LogP contribution in [0.5, 0.6) is 0 Å². The highest BCUT2D eigenvalue weighted by Crippen LogP contribution is 2.30. The molecule has 2 amide bonds. The fourth-order valence-electron chi connectivity index (χ4n) is 4.15. The van der Waals surface area contributed by atoms with Gasteiger partial charge in [0.1, 0.15) is 6.04 Å². The fraction of sp³-hybridized carbons (Fsp3) is 0.609. The van der Waals surface area contributed by atoms with Crippen LogP contribution in [-0.4, -0.2) is 65.3 Å². The van der Waals surface area contributed by atoms with Gasteiger partial charge in [-0.05, 0) is 54.9 Å². The maximum Gasteiger partial charge on any atom is 0.245 e. The molecule has 1 saturated heterocycles. The Morgan fingerprint density at radius 1 is 1.12 bits per heavy atom. The van der Waals surface area contributed by atoms with Crippen molar-refractivity contribution in [3.63, 3.8) is 0 Å². The Morgan fingerprint density at radius 2 is 1.76 bits per heavy atom. The topological polar surface area (TPSA) is 128 Å². The molecule has 0 saturated carbocycles. The van der Waals surface area contributed by atoms with Crippen LogP contribution in [0.2, 0.25) is 0 Å². The van der Waals surface area contributed by atoms with Gasteiger partial charge in [0.2, 0.25) is 11.8 Å². The van der Waals surface area contributed by atoms with E-state index in [1.807, 2.05) is 13.8 Å². The first-order valence-electron chi connectivity index (χ1n) is 11.1. The highest BCUT2D eigenvalue weighted by Gasteiger charge is 2.54. The highest BCUT2D eigenvalue weighted by atomic mass is 19.2. The number of nitrogens with one attached hydrogen (secondary N) is 2. The number of hydrogen-bond donors (Lipinski definition) is 4. The summed E-state index contributed by atoms with van der Waals surface area (Å²) in [4.78, 5) is 38.3. The van der Waals surface area contributed by atoms with Gasteiger partial charge in [-0.2, -0.15) is 0 Å². The van der Waals surface area contributed by atoms with Crippen LogP contribution < -0.4 is 10.6 Å². The molecule has 0 bridgehead atoms. The van der Waals surface area contributed by atoms with Crippen LogP contribution in [0.3, 0.4) is 0 Å². The maximum atomic E-state index is 13.6. The van der Waals surface area contributed by atoms with Crippen LogP contribution in [0.15, 0.2) is 12.1 Å². The zero-order valence-electron chi connectivity index (χ0n) is 18.7. The van der Waals surface area contributed by atoms with Crippen molar-refractivity contribution < 1.29 is 38.1 Å². The van der Waals surface area contributed by atoms with Crippen molar-refractivity contribution in [2.24, 2.45) is 11.8 Å². The van der Waals surface area contributed by atoms with E-state index in [0.29, 0.717) is 30.4 Å². The predicted octanol–water partition coefficient (Wildman–Crippen LogP) is 0.408. The lowest BCUT2D eigenvalue weighted by atomic mass is 9.83. The van der Waals surface area contributed by atoms with Gasteiger partial charge in [0.05, 0.1) is 25.9 Å². The first kappa shape index (κ1) is 25.2. The number of fused-ring (bicyclic) bond motifs is 1. The number of benzene rings is 1. The lowest BCUT2D eigenvalue weighted by molar-refractivity contribution is -0.135. The van der Waals surface area contributed by atoms with Crippen molar-refractivity contribution in [2.45, 2.75) is 57.2 Å². The molecule has 8 nitrogen and oxygen atoms in total. The number of amides is 2. The van der Waals surface area contributed by atoms with Crippen LogP contribution in [0.4, 0.5) is 8.78 Å². The SMILES string of the molecule is CC(C)C[C@H](NC(=O)[C@H](CO)NC(=O)C1CCc2cc(F)c(F)cc2C1)C(=O)[C@@]1(CO)CO1. The molecule has 1 aromatic rings. The summed E-state index contributed by atoms with van der Waals surface area (Å²) in [6, 6.07) is -0.0226. The summed E-state index contributed by atoms with van der Waals surface area (Å²) >= 11 is 0. The van der Waals surface area contributed by atoms with Gasteiger partial charge in [0.25, 0.3) is 0 Å². The van der Waals surface area contributed by atoms with Crippen molar-refractivity contribution in [3.8, 4) is 0 Å².